The number of hydrogen-bond acceptors (Lipinski definition) is 2. The molecule has 5 heteroatoms. The van der Waals surface area contributed by atoms with Gasteiger partial charge < -0.3 is 15.0 Å². The first-order valence-electron chi connectivity index (χ1n) is 6.45. The second-order valence-corrected chi connectivity index (χ2v) is 5.66. The van der Waals surface area contributed by atoms with Crippen LogP contribution in [0.3, 0.4) is 0 Å². The molecule has 2 aromatic carbocycles. The van der Waals surface area contributed by atoms with Crippen LogP contribution in [-0.2, 0) is 11.3 Å². The molecular weight excluding hydrogens is 332 g/mol. The average Bonchev–Trinajstić information content (AvgIpc) is 2.83. The molecule has 1 aromatic heterocycles. The topological polar surface area (TPSA) is 54.3 Å². The lowest BCUT2D eigenvalue weighted by atomic mass is 10.2. The fourth-order valence-corrected chi connectivity index (χ4v) is 2.59. The Morgan fingerprint density at radius 2 is 1.90 bits per heavy atom. The summed E-state index contributed by atoms with van der Waals surface area (Å²) in [4.78, 5) is 12.1. The summed E-state index contributed by atoms with van der Waals surface area (Å²) in [6, 6.07) is 14.3. The number of nitrogens with zero attached hydrogens (tertiary/aromatic N) is 1. The highest BCUT2D eigenvalue weighted by Crippen LogP contribution is 2.21. The minimum absolute atomic E-state index is 0.110. The third kappa shape index (κ3) is 3.08. The highest BCUT2D eigenvalue weighted by atomic mass is 79.9. The zero-order valence-corrected chi connectivity index (χ0v) is 12.7. The van der Waals surface area contributed by atoms with E-state index in [2.05, 4.69) is 21.2 Å². The van der Waals surface area contributed by atoms with Crippen LogP contribution in [0.25, 0.3) is 10.9 Å². The van der Waals surface area contributed by atoms with Crippen LogP contribution in [0, 0.1) is 0 Å². The number of benzene rings is 2. The summed E-state index contributed by atoms with van der Waals surface area (Å²) in [5.74, 6) is 0.0658. The average molecular weight is 345 g/mol. The maximum absolute atomic E-state index is 12.1. The maximum atomic E-state index is 12.1. The predicted octanol–water partition coefficient (Wildman–Crippen LogP) is 3.75. The van der Waals surface area contributed by atoms with E-state index in [1.165, 1.54) is 12.1 Å². The van der Waals surface area contributed by atoms with E-state index in [0.29, 0.717) is 5.69 Å². The molecule has 3 rings (SSSR count). The van der Waals surface area contributed by atoms with E-state index in [4.69, 9.17) is 0 Å². The van der Waals surface area contributed by atoms with Gasteiger partial charge in [-0.25, -0.2) is 0 Å². The molecule has 1 amide bonds. The standard InChI is InChI=1S/C16H13BrN2O2/c17-12-1-6-15-11(9-12)7-8-19(15)10-16(21)18-13-2-4-14(20)5-3-13/h1-9,20H,10H2,(H,18,21). The van der Waals surface area contributed by atoms with Crippen LogP contribution < -0.4 is 5.32 Å². The third-order valence-corrected chi connectivity index (χ3v) is 3.69. The Kier molecular flexibility index (Phi) is 3.66. The molecule has 1 heterocycles. The summed E-state index contributed by atoms with van der Waals surface area (Å²) < 4.78 is 2.92. The molecule has 3 aromatic rings. The number of aromatic nitrogens is 1. The first kappa shape index (κ1) is 13.7. The van der Waals surface area contributed by atoms with Crippen molar-refractivity contribution in [1.82, 2.24) is 4.57 Å². The monoisotopic (exact) mass is 344 g/mol. The Morgan fingerprint density at radius 1 is 1.14 bits per heavy atom. The number of rotatable bonds is 3. The Bertz CT molecular complexity index is 794. The fraction of sp³-hybridized carbons (Fsp3) is 0.0625. The van der Waals surface area contributed by atoms with Gasteiger partial charge in [0.15, 0.2) is 0 Å². The molecule has 0 saturated heterocycles. The number of phenols is 1. The van der Waals surface area contributed by atoms with Gasteiger partial charge in [0.25, 0.3) is 0 Å². The van der Waals surface area contributed by atoms with Crippen LogP contribution in [-0.4, -0.2) is 15.6 Å². The molecule has 0 aliphatic carbocycles. The molecule has 0 atom stereocenters. The van der Waals surface area contributed by atoms with Crippen molar-refractivity contribution in [2.75, 3.05) is 5.32 Å². The minimum Gasteiger partial charge on any atom is -0.508 e. The lowest BCUT2D eigenvalue weighted by Crippen LogP contribution is -2.18. The zero-order chi connectivity index (χ0) is 14.8. The number of amides is 1. The van der Waals surface area contributed by atoms with E-state index in [0.717, 1.165) is 15.4 Å². The molecule has 0 bridgehead atoms. The molecule has 0 aliphatic heterocycles. The molecule has 0 fully saturated rings. The van der Waals surface area contributed by atoms with Crippen molar-refractivity contribution in [2.45, 2.75) is 6.54 Å². The maximum Gasteiger partial charge on any atom is 0.244 e. The van der Waals surface area contributed by atoms with Gasteiger partial charge in [-0.05, 0) is 48.5 Å². The van der Waals surface area contributed by atoms with Crippen LogP contribution in [0.5, 0.6) is 5.75 Å². The van der Waals surface area contributed by atoms with Crippen molar-refractivity contribution < 1.29 is 9.90 Å². The summed E-state index contributed by atoms with van der Waals surface area (Å²) in [7, 11) is 0. The van der Waals surface area contributed by atoms with Gasteiger partial charge in [0, 0.05) is 27.3 Å². The van der Waals surface area contributed by atoms with Gasteiger partial charge in [0.05, 0.1) is 0 Å². The van der Waals surface area contributed by atoms with E-state index in [9.17, 15) is 9.90 Å². The molecule has 4 nitrogen and oxygen atoms in total. The smallest absolute Gasteiger partial charge is 0.244 e. The van der Waals surface area contributed by atoms with Crippen molar-refractivity contribution in [1.29, 1.82) is 0 Å². The van der Waals surface area contributed by atoms with Gasteiger partial charge in [-0.2, -0.15) is 0 Å². The molecule has 0 spiro atoms. The largest absolute Gasteiger partial charge is 0.508 e. The van der Waals surface area contributed by atoms with Crippen molar-refractivity contribution in [3.05, 3.63) is 59.2 Å². The summed E-state index contributed by atoms with van der Waals surface area (Å²) in [5, 5.41) is 13.1. The van der Waals surface area contributed by atoms with Crippen molar-refractivity contribution >= 4 is 38.4 Å². The van der Waals surface area contributed by atoms with Crippen molar-refractivity contribution in [3.63, 3.8) is 0 Å². The second-order valence-electron chi connectivity index (χ2n) is 4.74. The number of halogens is 1. The van der Waals surface area contributed by atoms with E-state index in [1.54, 1.807) is 12.1 Å². The van der Waals surface area contributed by atoms with Gasteiger partial charge in [-0.15, -0.1) is 0 Å². The highest BCUT2D eigenvalue weighted by Gasteiger charge is 2.07. The molecule has 0 saturated carbocycles. The number of hydrogen-bond donors (Lipinski definition) is 2. The van der Waals surface area contributed by atoms with Crippen LogP contribution in [0.1, 0.15) is 0 Å². The van der Waals surface area contributed by atoms with Crippen molar-refractivity contribution in [2.24, 2.45) is 0 Å². The Morgan fingerprint density at radius 3 is 2.67 bits per heavy atom. The van der Waals surface area contributed by atoms with E-state index in [-0.39, 0.29) is 18.2 Å². The molecule has 0 radical (unpaired) electrons. The van der Waals surface area contributed by atoms with Crippen molar-refractivity contribution in [3.8, 4) is 5.75 Å². The highest BCUT2D eigenvalue weighted by molar-refractivity contribution is 9.10. The van der Waals surface area contributed by atoms with E-state index >= 15 is 0 Å². The Hall–Kier alpha value is -2.27. The summed E-state index contributed by atoms with van der Waals surface area (Å²) in [6.45, 7) is 0.242. The van der Waals surface area contributed by atoms with Crippen LogP contribution in [0.4, 0.5) is 5.69 Å². The first-order valence-corrected chi connectivity index (χ1v) is 7.24. The number of carbonyl (C=O) groups excluding carboxylic acids is 1. The van der Waals surface area contributed by atoms with Gasteiger partial charge in [0.2, 0.25) is 5.91 Å². The summed E-state index contributed by atoms with van der Waals surface area (Å²) in [5.41, 5.74) is 1.68. The van der Waals surface area contributed by atoms with Crippen LogP contribution >= 0.6 is 15.9 Å². The number of phenolic OH excluding ortho intramolecular Hbond substituents is 1. The lowest BCUT2D eigenvalue weighted by molar-refractivity contribution is -0.116. The first-order chi connectivity index (χ1) is 10.1. The number of nitrogens with one attached hydrogen (secondary N) is 1. The SMILES string of the molecule is O=C(Cn1ccc2cc(Br)ccc21)Nc1ccc(O)cc1. The quantitative estimate of drug-likeness (QED) is 0.711. The summed E-state index contributed by atoms with van der Waals surface area (Å²) >= 11 is 3.43. The number of carbonyl (C=O) groups is 1. The van der Waals surface area contributed by atoms with Gasteiger partial charge in [-0.1, -0.05) is 15.9 Å². The molecular formula is C16H13BrN2O2. The molecule has 0 unspecified atom stereocenters. The predicted molar refractivity (Wildman–Crippen MR) is 86.4 cm³/mol. The number of fused-ring (bicyclic) bond motifs is 1. The normalized spacial score (nSPS) is 10.7. The molecule has 21 heavy (non-hydrogen) atoms. The Labute approximate surface area is 130 Å². The Balaban J connectivity index is 1.75. The van der Waals surface area contributed by atoms with E-state index in [1.807, 2.05) is 35.0 Å². The molecule has 0 aliphatic rings. The third-order valence-electron chi connectivity index (χ3n) is 3.20. The zero-order valence-electron chi connectivity index (χ0n) is 11.1. The van der Waals surface area contributed by atoms with Gasteiger partial charge in [0.1, 0.15) is 12.3 Å². The lowest BCUT2D eigenvalue weighted by Gasteiger charge is -2.07. The van der Waals surface area contributed by atoms with Gasteiger partial charge in [-0.3, -0.25) is 4.79 Å². The van der Waals surface area contributed by atoms with E-state index < -0.39 is 0 Å². The number of anilines is 1. The van der Waals surface area contributed by atoms with Crippen LogP contribution in [0.2, 0.25) is 0 Å². The second kappa shape index (κ2) is 5.61. The van der Waals surface area contributed by atoms with Crippen LogP contribution in [0.15, 0.2) is 59.2 Å². The molecule has 2 N–H and O–H groups in total. The number of aromatic hydroxyl groups is 1. The summed E-state index contributed by atoms with van der Waals surface area (Å²) in [6.07, 6.45) is 1.90. The minimum atomic E-state index is -0.110. The van der Waals surface area contributed by atoms with Gasteiger partial charge >= 0.3 is 0 Å². The molecule has 106 valence electrons. The fourth-order valence-electron chi connectivity index (χ4n) is 2.21.